The van der Waals surface area contributed by atoms with Crippen molar-refractivity contribution in [3.05, 3.63) is 0 Å². The van der Waals surface area contributed by atoms with Gasteiger partial charge < -0.3 is 14.8 Å². The largest absolute Gasteiger partial charge is 1.00 e. The van der Waals surface area contributed by atoms with Gasteiger partial charge in [-0.15, -0.1) is 0 Å². The number of hydrogen-bond acceptors (Lipinski definition) is 3. The SMILES string of the molecule is CCCCCCCCCCCCCCCC(=O)N(C)CC(=O)[O-].[Na+]. The number of hydrogen-bond donors (Lipinski definition) is 0. The number of carbonyl (C=O) groups excluding carboxylic acids is 2. The molecule has 0 unspecified atom stereocenters. The molecule has 0 saturated carbocycles. The van der Waals surface area contributed by atoms with E-state index in [1.807, 2.05) is 0 Å². The van der Waals surface area contributed by atoms with Crippen molar-refractivity contribution in [1.29, 1.82) is 0 Å². The number of carbonyl (C=O) groups is 2. The first-order valence-corrected chi connectivity index (χ1v) is 9.51. The number of rotatable bonds is 16. The Morgan fingerprint density at radius 1 is 0.750 bits per heavy atom. The van der Waals surface area contributed by atoms with E-state index in [4.69, 9.17) is 0 Å². The molecule has 5 heteroatoms. The van der Waals surface area contributed by atoms with Crippen LogP contribution < -0.4 is 34.7 Å². The normalized spacial score (nSPS) is 10.2. The van der Waals surface area contributed by atoms with Crippen LogP contribution >= 0.6 is 0 Å². The first-order chi connectivity index (χ1) is 11.1. The fourth-order valence-corrected chi connectivity index (χ4v) is 2.77. The number of nitrogens with zero attached hydrogens (tertiary/aromatic N) is 1. The molecule has 0 aromatic heterocycles. The molecule has 0 rings (SSSR count). The van der Waals surface area contributed by atoms with Crippen molar-refractivity contribution in [1.82, 2.24) is 4.90 Å². The Labute approximate surface area is 171 Å². The van der Waals surface area contributed by atoms with Crippen molar-refractivity contribution in [2.45, 2.75) is 96.8 Å². The zero-order valence-electron chi connectivity index (χ0n) is 16.3. The summed E-state index contributed by atoms with van der Waals surface area (Å²) in [6, 6.07) is 0. The van der Waals surface area contributed by atoms with Gasteiger partial charge in [0.2, 0.25) is 5.91 Å². The predicted molar refractivity (Wildman–Crippen MR) is 93.0 cm³/mol. The minimum Gasteiger partial charge on any atom is -0.548 e. The zero-order valence-corrected chi connectivity index (χ0v) is 18.3. The van der Waals surface area contributed by atoms with Gasteiger partial charge in [-0.05, 0) is 6.42 Å². The van der Waals surface area contributed by atoms with Crippen molar-refractivity contribution in [3.8, 4) is 0 Å². The summed E-state index contributed by atoms with van der Waals surface area (Å²) < 4.78 is 0. The third-order valence-corrected chi connectivity index (χ3v) is 4.29. The third-order valence-electron chi connectivity index (χ3n) is 4.29. The summed E-state index contributed by atoms with van der Waals surface area (Å²) in [7, 11) is 1.51. The standard InChI is InChI=1S/C19H37NO3.Na/c1-3-4-5-6-7-8-9-10-11-12-13-14-15-16-18(21)20(2)17-19(22)23;/h3-17H2,1-2H3,(H,22,23);/q;+1/p-1. The summed E-state index contributed by atoms with van der Waals surface area (Å²) >= 11 is 0. The minimum atomic E-state index is -1.20. The quantitative estimate of drug-likeness (QED) is 0.304. The maximum Gasteiger partial charge on any atom is 1.00 e. The Balaban J connectivity index is 0. The molecule has 0 N–H and O–H groups in total. The Bertz CT molecular complexity index is 311. The number of carboxylic acids is 1. The topological polar surface area (TPSA) is 60.4 Å². The van der Waals surface area contributed by atoms with Gasteiger partial charge in [-0.1, -0.05) is 84.0 Å². The molecule has 0 fully saturated rings. The maximum absolute atomic E-state index is 11.6. The van der Waals surface area contributed by atoms with Gasteiger partial charge in [0.05, 0.1) is 12.5 Å². The summed E-state index contributed by atoms with van der Waals surface area (Å²) in [5.74, 6) is -1.30. The Hall–Kier alpha value is -0.0600. The maximum atomic E-state index is 11.6. The van der Waals surface area contributed by atoms with Crippen molar-refractivity contribution in [3.63, 3.8) is 0 Å². The summed E-state index contributed by atoms with van der Waals surface area (Å²) in [6.07, 6.45) is 17.0. The molecule has 0 saturated heterocycles. The van der Waals surface area contributed by atoms with Crippen LogP contribution in [-0.4, -0.2) is 30.4 Å². The molecule has 0 aromatic rings. The van der Waals surface area contributed by atoms with E-state index < -0.39 is 5.97 Å². The molecule has 0 heterocycles. The second-order valence-corrected chi connectivity index (χ2v) is 6.61. The molecule has 0 aliphatic rings. The van der Waals surface area contributed by atoms with Crippen molar-refractivity contribution >= 4 is 11.9 Å². The molecule has 1 amide bonds. The van der Waals surface area contributed by atoms with Crippen LogP contribution in [0, 0.1) is 0 Å². The Morgan fingerprint density at radius 3 is 1.50 bits per heavy atom. The molecule has 136 valence electrons. The van der Waals surface area contributed by atoms with Crippen LogP contribution in [0.25, 0.3) is 0 Å². The monoisotopic (exact) mass is 349 g/mol. The van der Waals surface area contributed by atoms with Gasteiger partial charge in [-0.2, -0.15) is 0 Å². The zero-order chi connectivity index (χ0) is 17.3. The number of carboxylic acid groups (broad SMARTS) is 1. The number of aliphatic carboxylic acids is 1. The van der Waals surface area contributed by atoms with Crippen LogP contribution in [0.1, 0.15) is 96.8 Å². The number of unbranched alkanes of at least 4 members (excludes halogenated alkanes) is 12. The van der Waals surface area contributed by atoms with E-state index in [9.17, 15) is 14.7 Å². The predicted octanol–water partition coefficient (Wildman–Crippen LogP) is 0.680. The fraction of sp³-hybridized carbons (Fsp3) is 0.895. The van der Waals surface area contributed by atoms with Crippen LogP contribution in [0.5, 0.6) is 0 Å². The molecule has 0 atom stereocenters. The second-order valence-electron chi connectivity index (χ2n) is 6.61. The van der Waals surface area contributed by atoms with Gasteiger partial charge in [0.15, 0.2) is 0 Å². The Kier molecular flexibility index (Phi) is 21.0. The van der Waals surface area contributed by atoms with E-state index in [0.29, 0.717) is 6.42 Å². The molecule has 0 aromatic carbocycles. The van der Waals surface area contributed by atoms with Gasteiger partial charge in [0.25, 0.3) is 0 Å². The van der Waals surface area contributed by atoms with Crippen LogP contribution in [0.2, 0.25) is 0 Å². The molecule has 0 radical (unpaired) electrons. The van der Waals surface area contributed by atoms with Crippen molar-refractivity contribution in [2.75, 3.05) is 13.6 Å². The molecule has 0 spiro atoms. The van der Waals surface area contributed by atoms with E-state index in [0.717, 1.165) is 12.8 Å². The van der Waals surface area contributed by atoms with Gasteiger partial charge in [0, 0.05) is 13.5 Å². The van der Waals surface area contributed by atoms with Crippen molar-refractivity contribution in [2.24, 2.45) is 0 Å². The smallest absolute Gasteiger partial charge is 0.548 e. The molecule has 0 aliphatic carbocycles. The Morgan fingerprint density at radius 2 is 1.12 bits per heavy atom. The third kappa shape index (κ3) is 18.3. The summed E-state index contributed by atoms with van der Waals surface area (Å²) in [5, 5.41) is 10.4. The first-order valence-electron chi connectivity index (χ1n) is 9.51. The molecular weight excluding hydrogens is 313 g/mol. The van der Waals surface area contributed by atoms with Crippen LogP contribution in [0.3, 0.4) is 0 Å². The average molecular weight is 349 g/mol. The van der Waals surface area contributed by atoms with E-state index in [1.54, 1.807) is 0 Å². The molecular formula is C19H36NNaO3. The van der Waals surface area contributed by atoms with E-state index in [1.165, 1.54) is 82.6 Å². The summed E-state index contributed by atoms with van der Waals surface area (Å²) in [5.41, 5.74) is 0. The molecule has 0 bridgehead atoms. The van der Waals surface area contributed by atoms with Gasteiger partial charge in [-0.3, -0.25) is 4.79 Å². The van der Waals surface area contributed by atoms with Crippen LogP contribution in [0.15, 0.2) is 0 Å². The van der Waals surface area contributed by atoms with E-state index in [-0.39, 0.29) is 42.0 Å². The van der Waals surface area contributed by atoms with Gasteiger partial charge >= 0.3 is 29.6 Å². The number of likely N-dealkylation sites (N-methyl/N-ethyl adjacent to an activating group) is 1. The first kappa shape index (κ1) is 26.2. The molecule has 0 aliphatic heterocycles. The van der Waals surface area contributed by atoms with E-state index >= 15 is 0 Å². The fourth-order valence-electron chi connectivity index (χ4n) is 2.77. The molecule has 24 heavy (non-hydrogen) atoms. The second kappa shape index (κ2) is 19.3. The van der Waals surface area contributed by atoms with Crippen molar-refractivity contribution < 1.29 is 44.3 Å². The van der Waals surface area contributed by atoms with Crippen LogP contribution in [0.4, 0.5) is 0 Å². The van der Waals surface area contributed by atoms with Crippen LogP contribution in [-0.2, 0) is 9.59 Å². The van der Waals surface area contributed by atoms with E-state index in [2.05, 4.69) is 6.92 Å². The number of amides is 1. The summed E-state index contributed by atoms with van der Waals surface area (Å²) in [6.45, 7) is 1.94. The summed E-state index contributed by atoms with van der Waals surface area (Å²) in [4.78, 5) is 23.2. The van der Waals surface area contributed by atoms with Gasteiger partial charge in [-0.25, -0.2) is 0 Å². The minimum absolute atomic E-state index is 0. The van der Waals surface area contributed by atoms with Gasteiger partial charge in [0.1, 0.15) is 0 Å². The molecule has 4 nitrogen and oxygen atoms in total. The average Bonchev–Trinajstić information content (AvgIpc) is 2.51.